The van der Waals surface area contributed by atoms with Gasteiger partial charge in [0.1, 0.15) is 5.69 Å². The number of nitrogens with zero attached hydrogens (tertiary/aromatic N) is 2. The predicted octanol–water partition coefficient (Wildman–Crippen LogP) is 4.93. The summed E-state index contributed by atoms with van der Waals surface area (Å²) < 4.78 is 5.37. The van der Waals surface area contributed by atoms with Gasteiger partial charge in [0.2, 0.25) is 0 Å². The third kappa shape index (κ3) is 2.53. The van der Waals surface area contributed by atoms with Crippen LogP contribution in [0.1, 0.15) is 28.1 Å². The summed E-state index contributed by atoms with van der Waals surface area (Å²) in [6.45, 7) is 1.83. The van der Waals surface area contributed by atoms with Crippen LogP contribution < -0.4 is 0 Å². The van der Waals surface area contributed by atoms with Gasteiger partial charge < -0.3 is 9.51 Å². The zero-order valence-electron chi connectivity index (χ0n) is 15.0. The van der Waals surface area contributed by atoms with Crippen molar-refractivity contribution in [2.75, 3.05) is 0 Å². The molecule has 0 fully saturated rings. The molecule has 1 N–H and O–H groups in total. The molecular weight excluding hydrogens is 334 g/mol. The van der Waals surface area contributed by atoms with E-state index in [1.54, 1.807) is 0 Å². The molecule has 0 aliphatic heterocycles. The van der Waals surface area contributed by atoms with Gasteiger partial charge in [0.25, 0.3) is 5.89 Å². The number of aromatic amines is 1. The van der Waals surface area contributed by atoms with Gasteiger partial charge in [-0.3, -0.25) is 0 Å². The van der Waals surface area contributed by atoms with Gasteiger partial charge in [-0.15, -0.1) is 0 Å². The van der Waals surface area contributed by atoms with E-state index in [2.05, 4.69) is 94.1 Å². The Labute approximate surface area is 157 Å². The van der Waals surface area contributed by atoms with E-state index in [4.69, 9.17) is 4.52 Å². The van der Waals surface area contributed by atoms with Crippen molar-refractivity contribution in [2.45, 2.75) is 18.8 Å². The second-order valence-corrected chi connectivity index (χ2v) is 6.96. The van der Waals surface area contributed by atoms with Crippen molar-refractivity contribution in [2.24, 2.45) is 0 Å². The van der Waals surface area contributed by atoms with Crippen LogP contribution in [-0.2, 0) is 11.8 Å². The van der Waals surface area contributed by atoms with E-state index >= 15 is 0 Å². The van der Waals surface area contributed by atoms with Crippen molar-refractivity contribution >= 4 is 6.08 Å². The zero-order valence-corrected chi connectivity index (χ0v) is 15.0. The van der Waals surface area contributed by atoms with Gasteiger partial charge >= 0.3 is 0 Å². The second-order valence-electron chi connectivity index (χ2n) is 6.96. The zero-order chi connectivity index (χ0) is 18.3. The number of aromatic nitrogens is 3. The lowest BCUT2D eigenvalue weighted by Gasteiger charge is -2.34. The first-order valence-electron chi connectivity index (χ1n) is 9.07. The van der Waals surface area contributed by atoms with Crippen LogP contribution in [0.2, 0.25) is 0 Å². The number of rotatable bonds is 3. The normalized spacial score (nSPS) is 14.9. The fraction of sp³-hybridized carbons (Fsp3) is 0.130. The van der Waals surface area contributed by atoms with Gasteiger partial charge in [-0.25, -0.2) is 0 Å². The lowest BCUT2D eigenvalue weighted by molar-refractivity contribution is 0.424. The molecule has 2 aromatic heterocycles. The molecule has 132 valence electrons. The SMILES string of the molecule is Cc1noc(-c2[nH]cc3c2C=CC(c2ccccc2)(c2ccccc2)C3)n1. The number of nitrogens with one attached hydrogen (secondary N) is 1. The van der Waals surface area contributed by atoms with Crippen molar-refractivity contribution in [1.82, 2.24) is 15.1 Å². The third-order valence-corrected chi connectivity index (χ3v) is 5.33. The molecule has 0 radical (unpaired) electrons. The molecule has 5 rings (SSSR count). The van der Waals surface area contributed by atoms with E-state index in [1.807, 2.05) is 6.92 Å². The van der Waals surface area contributed by atoms with Crippen LogP contribution in [0.3, 0.4) is 0 Å². The first-order valence-corrected chi connectivity index (χ1v) is 9.07. The molecule has 0 bridgehead atoms. The number of allylic oxidation sites excluding steroid dienone is 1. The first-order chi connectivity index (χ1) is 13.3. The summed E-state index contributed by atoms with van der Waals surface area (Å²) in [6.07, 6.45) is 7.43. The molecule has 2 heterocycles. The van der Waals surface area contributed by atoms with Crippen molar-refractivity contribution < 1.29 is 4.52 Å². The average molecular weight is 353 g/mol. The predicted molar refractivity (Wildman–Crippen MR) is 105 cm³/mol. The third-order valence-electron chi connectivity index (χ3n) is 5.33. The van der Waals surface area contributed by atoms with Gasteiger partial charge in [0.15, 0.2) is 5.82 Å². The number of hydrogen-bond acceptors (Lipinski definition) is 3. The van der Waals surface area contributed by atoms with Crippen LogP contribution in [-0.4, -0.2) is 15.1 Å². The number of fused-ring (bicyclic) bond motifs is 1. The van der Waals surface area contributed by atoms with E-state index in [-0.39, 0.29) is 5.41 Å². The Kier molecular flexibility index (Phi) is 3.57. The van der Waals surface area contributed by atoms with Crippen molar-refractivity contribution in [3.63, 3.8) is 0 Å². The minimum Gasteiger partial charge on any atom is -0.356 e. The fourth-order valence-corrected chi connectivity index (χ4v) is 4.01. The van der Waals surface area contributed by atoms with Gasteiger partial charge in [0, 0.05) is 17.2 Å². The summed E-state index contributed by atoms with van der Waals surface area (Å²) in [4.78, 5) is 7.71. The Morgan fingerprint density at radius 3 is 2.22 bits per heavy atom. The standard InChI is InChI=1S/C23H19N3O/c1-16-25-22(27-26-16)21-20-12-13-23(14-17(20)15-24-21,18-8-4-2-5-9-18)19-10-6-3-7-11-19/h2-13,15,24H,14H2,1H3. The second kappa shape index (κ2) is 6.09. The topological polar surface area (TPSA) is 54.7 Å². The molecule has 0 spiro atoms. The first kappa shape index (κ1) is 15.8. The Morgan fingerprint density at radius 1 is 0.963 bits per heavy atom. The average Bonchev–Trinajstić information content (AvgIpc) is 3.34. The Morgan fingerprint density at radius 2 is 1.63 bits per heavy atom. The monoisotopic (exact) mass is 353 g/mol. The molecule has 4 aromatic rings. The molecule has 4 heteroatoms. The van der Waals surface area contributed by atoms with Crippen molar-refractivity contribution in [3.8, 4) is 11.6 Å². The van der Waals surface area contributed by atoms with Crippen LogP contribution in [0.15, 0.2) is 77.5 Å². The van der Waals surface area contributed by atoms with Crippen molar-refractivity contribution in [3.05, 3.63) is 101 Å². The molecule has 0 atom stereocenters. The molecule has 0 saturated heterocycles. The Balaban J connectivity index is 1.66. The lowest BCUT2D eigenvalue weighted by Crippen LogP contribution is -2.30. The highest BCUT2D eigenvalue weighted by molar-refractivity contribution is 5.74. The van der Waals surface area contributed by atoms with E-state index in [0.717, 1.165) is 17.7 Å². The molecule has 1 aliphatic rings. The highest BCUT2D eigenvalue weighted by Gasteiger charge is 2.36. The van der Waals surface area contributed by atoms with Crippen LogP contribution >= 0.6 is 0 Å². The summed E-state index contributed by atoms with van der Waals surface area (Å²) in [5, 5.41) is 3.92. The summed E-state index contributed by atoms with van der Waals surface area (Å²) in [6, 6.07) is 21.4. The van der Waals surface area contributed by atoms with Gasteiger partial charge in [-0.1, -0.05) is 78.0 Å². The Hall–Kier alpha value is -3.40. The van der Waals surface area contributed by atoms with E-state index < -0.39 is 0 Å². The van der Waals surface area contributed by atoms with E-state index in [9.17, 15) is 0 Å². The number of hydrogen-bond donors (Lipinski definition) is 1. The molecule has 0 saturated carbocycles. The van der Waals surface area contributed by atoms with Crippen LogP contribution in [0.5, 0.6) is 0 Å². The van der Waals surface area contributed by atoms with Crippen LogP contribution in [0.25, 0.3) is 17.7 Å². The quantitative estimate of drug-likeness (QED) is 0.568. The molecule has 2 aromatic carbocycles. The van der Waals surface area contributed by atoms with Crippen LogP contribution in [0, 0.1) is 6.92 Å². The molecule has 0 amide bonds. The van der Waals surface area contributed by atoms with E-state index in [1.165, 1.54) is 16.7 Å². The Bertz CT molecular complexity index is 1070. The minimum atomic E-state index is -0.195. The highest BCUT2D eigenvalue weighted by atomic mass is 16.5. The number of aryl methyl sites for hydroxylation is 1. The van der Waals surface area contributed by atoms with Gasteiger partial charge in [0.05, 0.1) is 0 Å². The summed E-state index contributed by atoms with van der Waals surface area (Å²) in [7, 11) is 0. The molecular formula is C23H19N3O. The minimum absolute atomic E-state index is 0.195. The molecule has 4 nitrogen and oxygen atoms in total. The molecule has 27 heavy (non-hydrogen) atoms. The largest absolute Gasteiger partial charge is 0.356 e. The smallest absolute Gasteiger partial charge is 0.274 e. The van der Waals surface area contributed by atoms with Crippen LogP contribution in [0.4, 0.5) is 0 Å². The molecule has 0 unspecified atom stereocenters. The maximum absolute atomic E-state index is 5.37. The maximum atomic E-state index is 5.37. The van der Waals surface area contributed by atoms with Crippen molar-refractivity contribution in [1.29, 1.82) is 0 Å². The number of H-pyrrole nitrogens is 1. The maximum Gasteiger partial charge on any atom is 0.274 e. The van der Waals surface area contributed by atoms with Gasteiger partial charge in [-0.2, -0.15) is 4.98 Å². The van der Waals surface area contributed by atoms with E-state index in [0.29, 0.717) is 11.7 Å². The highest BCUT2D eigenvalue weighted by Crippen LogP contribution is 2.43. The lowest BCUT2D eigenvalue weighted by atomic mass is 9.68. The molecule has 1 aliphatic carbocycles. The summed E-state index contributed by atoms with van der Waals surface area (Å²) in [5.41, 5.74) is 5.64. The van der Waals surface area contributed by atoms with Gasteiger partial charge in [-0.05, 0) is 30.0 Å². The fourth-order valence-electron chi connectivity index (χ4n) is 4.01. The summed E-state index contributed by atoms with van der Waals surface area (Å²) in [5.74, 6) is 1.17. The summed E-state index contributed by atoms with van der Waals surface area (Å²) >= 11 is 0. The number of benzene rings is 2.